The number of nitrogens with zero attached hydrogens (tertiary/aromatic N) is 2. The zero-order chi connectivity index (χ0) is 14.1. The Kier molecular flexibility index (Phi) is 3.22. The molecular weight excluding hydrogens is 260 g/mol. The second-order valence-corrected chi connectivity index (χ2v) is 4.97. The van der Waals surface area contributed by atoms with Gasteiger partial charge in [-0.05, 0) is 31.8 Å². The second kappa shape index (κ2) is 5.03. The molecule has 20 heavy (non-hydrogen) atoms. The lowest BCUT2D eigenvalue weighted by atomic mass is 9.91. The first-order chi connectivity index (χ1) is 9.70. The molecule has 0 radical (unpaired) electrons. The summed E-state index contributed by atoms with van der Waals surface area (Å²) in [7, 11) is 0. The van der Waals surface area contributed by atoms with Gasteiger partial charge in [0, 0.05) is 0 Å². The highest BCUT2D eigenvalue weighted by Crippen LogP contribution is 2.34. The SMILES string of the molecule is O=CO[C@@H]1CCCc2nc3c(nc21)C=CC[C@H]3C(=O)O. The molecule has 2 atom stereocenters. The molecule has 0 fully saturated rings. The number of carboxylic acid groups (broad SMARTS) is 1. The quantitative estimate of drug-likeness (QED) is 0.842. The standard InChI is InChI=1S/C14H14N2O4/c17-7-20-11-6-2-5-10-13(11)16-9-4-1-3-8(14(18)19)12(9)15-10/h1,4,7-8,11H,2-3,5-6H2,(H,18,19)/t8-,11-/m1/s1. The van der Waals surface area contributed by atoms with E-state index in [1.807, 2.05) is 0 Å². The molecule has 0 saturated heterocycles. The average molecular weight is 274 g/mol. The zero-order valence-electron chi connectivity index (χ0n) is 10.8. The van der Waals surface area contributed by atoms with Gasteiger partial charge in [-0.25, -0.2) is 4.98 Å². The van der Waals surface area contributed by atoms with Crippen molar-refractivity contribution >= 4 is 18.5 Å². The van der Waals surface area contributed by atoms with Crippen molar-refractivity contribution in [1.29, 1.82) is 0 Å². The van der Waals surface area contributed by atoms with Crippen LogP contribution in [0.2, 0.25) is 0 Å². The number of fused-ring (bicyclic) bond motifs is 2. The van der Waals surface area contributed by atoms with E-state index in [1.165, 1.54) is 0 Å². The van der Waals surface area contributed by atoms with Crippen LogP contribution in [0.4, 0.5) is 0 Å². The molecule has 6 nitrogen and oxygen atoms in total. The van der Waals surface area contributed by atoms with Crippen LogP contribution in [0.3, 0.4) is 0 Å². The molecule has 0 saturated carbocycles. The number of rotatable bonds is 3. The van der Waals surface area contributed by atoms with E-state index in [0.717, 1.165) is 25.0 Å². The molecule has 1 aromatic rings. The summed E-state index contributed by atoms with van der Waals surface area (Å²) in [5.41, 5.74) is 2.51. The van der Waals surface area contributed by atoms with Gasteiger partial charge < -0.3 is 9.84 Å². The van der Waals surface area contributed by atoms with Crippen molar-refractivity contribution in [2.24, 2.45) is 0 Å². The van der Waals surface area contributed by atoms with E-state index >= 15 is 0 Å². The molecule has 2 aliphatic carbocycles. The minimum absolute atomic E-state index is 0.368. The van der Waals surface area contributed by atoms with Gasteiger partial charge in [0.05, 0.1) is 17.1 Å². The van der Waals surface area contributed by atoms with Gasteiger partial charge in [-0.2, -0.15) is 0 Å². The van der Waals surface area contributed by atoms with Crippen LogP contribution >= 0.6 is 0 Å². The molecular formula is C14H14N2O4. The Balaban J connectivity index is 2.07. The molecule has 3 rings (SSSR count). The Labute approximate surface area is 115 Å². The highest BCUT2D eigenvalue weighted by molar-refractivity contribution is 5.78. The van der Waals surface area contributed by atoms with Crippen LogP contribution in [0.1, 0.15) is 54.1 Å². The number of carbonyl (C=O) groups is 2. The normalized spacial score (nSPS) is 23.6. The first-order valence-corrected chi connectivity index (χ1v) is 6.60. The molecule has 1 N–H and O–H groups in total. The van der Waals surface area contributed by atoms with Crippen LogP contribution in [0, 0.1) is 0 Å². The Hall–Kier alpha value is -2.24. The predicted octanol–water partition coefficient (Wildman–Crippen LogP) is 1.61. The van der Waals surface area contributed by atoms with E-state index in [0.29, 0.717) is 30.0 Å². The summed E-state index contributed by atoms with van der Waals surface area (Å²) >= 11 is 0. The summed E-state index contributed by atoms with van der Waals surface area (Å²) in [5.74, 6) is -1.53. The van der Waals surface area contributed by atoms with E-state index in [1.54, 1.807) is 12.2 Å². The molecule has 0 amide bonds. The fourth-order valence-corrected chi connectivity index (χ4v) is 2.77. The minimum atomic E-state index is -0.888. The van der Waals surface area contributed by atoms with Crippen LogP contribution in [0.15, 0.2) is 6.08 Å². The molecule has 0 aromatic carbocycles. The smallest absolute Gasteiger partial charge is 0.312 e. The van der Waals surface area contributed by atoms with Crippen molar-refractivity contribution in [1.82, 2.24) is 9.97 Å². The minimum Gasteiger partial charge on any atom is -0.481 e. The number of aliphatic carboxylic acids is 1. The third-order valence-electron chi connectivity index (χ3n) is 3.73. The van der Waals surface area contributed by atoms with Gasteiger partial charge in [0.25, 0.3) is 6.47 Å². The van der Waals surface area contributed by atoms with Crippen LogP contribution in [0.25, 0.3) is 6.08 Å². The Morgan fingerprint density at radius 2 is 2.25 bits per heavy atom. The first-order valence-electron chi connectivity index (χ1n) is 6.60. The average Bonchev–Trinajstić information content (AvgIpc) is 2.45. The fourth-order valence-electron chi connectivity index (χ4n) is 2.77. The van der Waals surface area contributed by atoms with Crippen molar-refractivity contribution in [2.75, 3.05) is 0 Å². The monoisotopic (exact) mass is 274 g/mol. The Bertz CT molecular complexity index is 597. The molecule has 0 aliphatic heterocycles. The maximum atomic E-state index is 11.3. The number of hydrogen-bond acceptors (Lipinski definition) is 5. The molecule has 1 aromatic heterocycles. The van der Waals surface area contributed by atoms with Crippen LogP contribution in [-0.4, -0.2) is 27.5 Å². The number of ether oxygens (including phenoxy) is 1. The van der Waals surface area contributed by atoms with Crippen LogP contribution in [0.5, 0.6) is 0 Å². The van der Waals surface area contributed by atoms with Gasteiger partial charge in [-0.3, -0.25) is 14.6 Å². The van der Waals surface area contributed by atoms with Gasteiger partial charge in [0.1, 0.15) is 17.7 Å². The molecule has 0 unspecified atom stereocenters. The van der Waals surface area contributed by atoms with E-state index in [4.69, 9.17) is 4.74 Å². The van der Waals surface area contributed by atoms with E-state index in [9.17, 15) is 14.7 Å². The largest absolute Gasteiger partial charge is 0.481 e. The lowest BCUT2D eigenvalue weighted by molar-refractivity contribution is -0.139. The van der Waals surface area contributed by atoms with E-state index in [-0.39, 0.29) is 6.10 Å². The summed E-state index contributed by atoms with van der Waals surface area (Å²) < 4.78 is 5.05. The van der Waals surface area contributed by atoms with Gasteiger partial charge in [-0.15, -0.1) is 0 Å². The van der Waals surface area contributed by atoms with Gasteiger partial charge in [0.15, 0.2) is 0 Å². The molecule has 0 spiro atoms. The molecule has 104 valence electrons. The molecule has 1 heterocycles. The molecule has 6 heteroatoms. The van der Waals surface area contributed by atoms with Gasteiger partial charge >= 0.3 is 5.97 Å². The van der Waals surface area contributed by atoms with Gasteiger partial charge in [0.2, 0.25) is 0 Å². The topological polar surface area (TPSA) is 89.4 Å². The zero-order valence-corrected chi connectivity index (χ0v) is 10.8. The number of hydrogen-bond donors (Lipinski definition) is 1. The number of carbonyl (C=O) groups excluding carboxylic acids is 1. The van der Waals surface area contributed by atoms with Crippen molar-refractivity contribution in [2.45, 2.75) is 37.7 Å². The number of aromatic nitrogens is 2. The van der Waals surface area contributed by atoms with Crippen molar-refractivity contribution in [3.05, 3.63) is 28.9 Å². The fraction of sp³-hybridized carbons (Fsp3) is 0.429. The third kappa shape index (κ3) is 2.07. The first kappa shape index (κ1) is 12.8. The van der Waals surface area contributed by atoms with Crippen molar-refractivity contribution in [3.63, 3.8) is 0 Å². The number of carboxylic acids is 1. The summed E-state index contributed by atoms with van der Waals surface area (Å²) in [6.07, 6.45) is 5.97. The summed E-state index contributed by atoms with van der Waals surface area (Å²) in [6.45, 7) is 0.427. The van der Waals surface area contributed by atoms with Gasteiger partial charge in [-0.1, -0.05) is 6.08 Å². The molecule has 2 aliphatic rings. The highest BCUT2D eigenvalue weighted by atomic mass is 16.5. The maximum Gasteiger partial charge on any atom is 0.312 e. The second-order valence-electron chi connectivity index (χ2n) is 4.97. The maximum absolute atomic E-state index is 11.3. The summed E-state index contributed by atoms with van der Waals surface area (Å²) in [4.78, 5) is 30.8. The Morgan fingerprint density at radius 1 is 1.40 bits per heavy atom. The van der Waals surface area contributed by atoms with Crippen LogP contribution in [-0.2, 0) is 20.7 Å². The summed E-state index contributed by atoms with van der Waals surface area (Å²) in [5, 5.41) is 9.25. The van der Waals surface area contributed by atoms with Crippen molar-refractivity contribution < 1.29 is 19.4 Å². The van der Waals surface area contributed by atoms with E-state index in [2.05, 4.69) is 9.97 Å². The predicted molar refractivity (Wildman–Crippen MR) is 68.9 cm³/mol. The van der Waals surface area contributed by atoms with E-state index < -0.39 is 11.9 Å². The van der Waals surface area contributed by atoms with Crippen molar-refractivity contribution in [3.8, 4) is 0 Å². The lowest BCUT2D eigenvalue weighted by Gasteiger charge is -2.25. The summed E-state index contributed by atoms with van der Waals surface area (Å²) in [6, 6.07) is 0. The number of aryl methyl sites for hydroxylation is 1. The third-order valence-corrected chi connectivity index (χ3v) is 3.73. The van der Waals surface area contributed by atoms with Crippen LogP contribution < -0.4 is 0 Å². The highest BCUT2D eigenvalue weighted by Gasteiger charge is 2.31. The Morgan fingerprint density at radius 3 is 3.00 bits per heavy atom. The number of allylic oxidation sites excluding steroid dienone is 1. The lowest BCUT2D eigenvalue weighted by Crippen LogP contribution is -2.23. The molecule has 0 bridgehead atoms.